The average Bonchev–Trinajstić information content (AvgIpc) is 2.39. The van der Waals surface area contributed by atoms with E-state index in [2.05, 4.69) is 9.97 Å². The summed E-state index contributed by atoms with van der Waals surface area (Å²) >= 11 is 0. The fourth-order valence-electron chi connectivity index (χ4n) is 2.33. The van der Waals surface area contributed by atoms with Gasteiger partial charge < -0.3 is 15.7 Å². The van der Waals surface area contributed by atoms with Crippen molar-refractivity contribution in [2.75, 3.05) is 11.9 Å². The lowest BCUT2D eigenvalue weighted by Gasteiger charge is -2.35. The molecule has 1 aromatic heterocycles. The van der Waals surface area contributed by atoms with Gasteiger partial charge in [0.25, 0.3) is 0 Å². The minimum Gasteiger partial charge on any atom is -0.391 e. The molecule has 0 aliphatic heterocycles. The van der Waals surface area contributed by atoms with E-state index in [1.165, 1.54) is 0 Å². The first-order valence-electron chi connectivity index (χ1n) is 6.14. The molecule has 1 aliphatic carbocycles. The van der Waals surface area contributed by atoms with Crippen LogP contribution in [0.2, 0.25) is 0 Å². The van der Waals surface area contributed by atoms with Crippen molar-refractivity contribution in [3.63, 3.8) is 0 Å². The Morgan fingerprint density at radius 3 is 2.59 bits per heavy atom. The molecule has 1 saturated carbocycles. The molecule has 0 spiro atoms. The maximum Gasteiger partial charge on any atom is 0.225 e. The predicted molar refractivity (Wildman–Crippen MR) is 66.6 cm³/mol. The molecule has 5 nitrogen and oxygen atoms in total. The van der Waals surface area contributed by atoms with Crippen molar-refractivity contribution in [3.8, 4) is 0 Å². The van der Waals surface area contributed by atoms with Gasteiger partial charge in [-0.25, -0.2) is 9.97 Å². The molecule has 3 N–H and O–H groups in total. The molecule has 0 radical (unpaired) electrons. The number of likely N-dealkylation sites (N-methyl/N-ethyl adjacent to an activating group) is 1. The Kier molecular flexibility index (Phi) is 3.91. The van der Waals surface area contributed by atoms with Crippen LogP contribution < -0.4 is 10.6 Å². The van der Waals surface area contributed by atoms with Gasteiger partial charge in [0.1, 0.15) is 0 Å². The Bertz CT molecular complexity index is 354. The van der Waals surface area contributed by atoms with E-state index in [4.69, 9.17) is 5.73 Å². The second-order valence-electron chi connectivity index (χ2n) is 4.63. The normalized spacial score (nSPS) is 24.6. The third-order valence-corrected chi connectivity index (χ3v) is 3.43. The third kappa shape index (κ3) is 2.73. The molecule has 5 heteroatoms. The van der Waals surface area contributed by atoms with Gasteiger partial charge in [-0.2, -0.15) is 0 Å². The van der Waals surface area contributed by atoms with Crippen molar-refractivity contribution in [2.24, 2.45) is 5.73 Å². The van der Waals surface area contributed by atoms with Gasteiger partial charge in [0.15, 0.2) is 0 Å². The number of aliphatic hydroxyl groups is 1. The van der Waals surface area contributed by atoms with Crippen molar-refractivity contribution in [3.05, 3.63) is 18.0 Å². The van der Waals surface area contributed by atoms with Crippen molar-refractivity contribution >= 4 is 5.95 Å². The molecular weight excluding hydrogens is 216 g/mol. The molecule has 1 aromatic rings. The number of anilines is 1. The first-order chi connectivity index (χ1) is 8.22. The number of aromatic nitrogens is 2. The SMILES string of the molecule is CN(c1ncc(CN)cn1)C1CCCCC1O. The summed E-state index contributed by atoms with van der Waals surface area (Å²) in [7, 11) is 1.94. The van der Waals surface area contributed by atoms with E-state index in [9.17, 15) is 5.11 Å². The van der Waals surface area contributed by atoms with E-state index in [-0.39, 0.29) is 12.1 Å². The van der Waals surface area contributed by atoms with Crippen LogP contribution in [0.5, 0.6) is 0 Å². The van der Waals surface area contributed by atoms with Crippen LogP contribution in [0.4, 0.5) is 5.95 Å². The van der Waals surface area contributed by atoms with Crippen LogP contribution in [0.25, 0.3) is 0 Å². The number of hydrogen-bond acceptors (Lipinski definition) is 5. The van der Waals surface area contributed by atoms with Gasteiger partial charge in [0.2, 0.25) is 5.95 Å². The first-order valence-corrected chi connectivity index (χ1v) is 6.14. The van der Waals surface area contributed by atoms with Gasteiger partial charge in [0, 0.05) is 31.5 Å². The predicted octanol–water partition coefficient (Wildman–Crippen LogP) is 0.675. The molecule has 0 bridgehead atoms. The van der Waals surface area contributed by atoms with Crippen LogP contribution in [0.15, 0.2) is 12.4 Å². The summed E-state index contributed by atoms with van der Waals surface area (Å²) < 4.78 is 0. The van der Waals surface area contributed by atoms with E-state index in [1.807, 2.05) is 11.9 Å². The molecule has 1 aliphatic rings. The summed E-state index contributed by atoms with van der Waals surface area (Å²) in [6.07, 6.45) is 7.36. The van der Waals surface area contributed by atoms with Gasteiger partial charge in [0.05, 0.1) is 12.1 Å². The molecule has 2 rings (SSSR count). The lowest BCUT2D eigenvalue weighted by molar-refractivity contribution is 0.105. The summed E-state index contributed by atoms with van der Waals surface area (Å²) in [5, 5.41) is 9.98. The quantitative estimate of drug-likeness (QED) is 0.807. The van der Waals surface area contributed by atoms with Crippen LogP contribution in [0.1, 0.15) is 31.2 Å². The molecule has 2 unspecified atom stereocenters. The third-order valence-electron chi connectivity index (χ3n) is 3.43. The van der Waals surface area contributed by atoms with Crippen LogP contribution >= 0.6 is 0 Å². The highest BCUT2D eigenvalue weighted by Gasteiger charge is 2.27. The molecular formula is C12H20N4O. The lowest BCUT2D eigenvalue weighted by atomic mass is 9.92. The zero-order valence-corrected chi connectivity index (χ0v) is 10.2. The highest BCUT2D eigenvalue weighted by molar-refractivity contribution is 5.31. The zero-order valence-electron chi connectivity index (χ0n) is 10.2. The molecule has 17 heavy (non-hydrogen) atoms. The summed E-state index contributed by atoms with van der Waals surface area (Å²) in [6, 6.07) is 0.132. The van der Waals surface area contributed by atoms with Crippen molar-refractivity contribution in [1.29, 1.82) is 0 Å². The Hall–Kier alpha value is -1.20. The number of rotatable bonds is 3. The zero-order chi connectivity index (χ0) is 12.3. The standard InChI is InChI=1S/C12H20N4O/c1-16(10-4-2-3-5-11(10)17)12-14-7-9(6-13)8-15-12/h7-8,10-11,17H,2-6,13H2,1H3. The van der Waals surface area contributed by atoms with Gasteiger partial charge in [-0.1, -0.05) is 12.8 Å². The number of aliphatic hydroxyl groups excluding tert-OH is 1. The highest BCUT2D eigenvalue weighted by Crippen LogP contribution is 2.24. The number of nitrogens with zero attached hydrogens (tertiary/aromatic N) is 3. The summed E-state index contributed by atoms with van der Waals surface area (Å²) in [5.41, 5.74) is 6.43. The second kappa shape index (κ2) is 5.42. The van der Waals surface area contributed by atoms with Gasteiger partial charge in [-0.3, -0.25) is 0 Å². The second-order valence-corrected chi connectivity index (χ2v) is 4.63. The lowest BCUT2D eigenvalue weighted by Crippen LogP contribution is -2.44. The summed E-state index contributed by atoms with van der Waals surface area (Å²) in [5.74, 6) is 0.660. The Labute approximate surface area is 102 Å². The van der Waals surface area contributed by atoms with Crippen LogP contribution in [0.3, 0.4) is 0 Å². The maximum absolute atomic E-state index is 9.98. The minimum atomic E-state index is -0.272. The molecule has 0 aromatic carbocycles. The highest BCUT2D eigenvalue weighted by atomic mass is 16.3. The van der Waals surface area contributed by atoms with E-state index < -0.39 is 0 Å². The van der Waals surface area contributed by atoms with Gasteiger partial charge in [-0.15, -0.1) is 0 Å². The minimum absolute atomic E-state index is 0.132. The van der Waals surface area contributed by atoms with Gasteiger partial charge in [-0.05, 0) is 12.8 Å². The molecule has 94 valence electrons. The Morgan fingerprint density at radius 2 is 2.00 bits per heavy atom. The van der Waals surface area contributed by atoms with Crippen LogP contribution in [-0.4, -0.2) is 34.3 Å². The molecule has 2 atom stereocenters. The number of nitrogens with two attached hydrogens (primary N) is 1. The van der Waals surface area contributed by atoms with Crippen LogP contribution in [0, 0.1) is 0 Å². The average molecular weight is 236 g/mol. The number of hydrogen-bond donors (Lipinski definition) is 2. The summed E-state index contributed by atoms with van der Waals surface area (Å²) in [6.45, 7) is 0.454. The van der Waals surface area contributed by atoms with E-state index in [0.717, 1.165) is 31.2 Å². The van der Waals surface area contributed by atoms with E-state index in [1.54, 1.807) is 12.4 Å². The van der Waals surface area contributed by atoms with E-state index in [0.29, 0.717) is 12.5 Å². The van der Waals surface area contributed by atoms with Crippen LogP contribution in [-0.2, 0) is 6.54 Å². The van der Waals surface area contributed by atoms with Gasteiger partial charge >= 0.3 is 0 Å². The van der Waals surface area contributed by atoms with Crippen molar-refractivity contribution in [1.82, 2.24) is 9.97 Å². The molecule has 1 heterocycles. The largest absolute Gasteiger partial charge is 0.391 e. The monoisotopic (exact) mass is 236 g/mol. The summed E-state index contributed by atoms with van der Waals surface area (Å²) in [4.78, 5) is 10.5. The Balaban J connectivity index is 2.09. The first kappa shape index (κ1) is 12.3. The van der Waals surface area contributed by atoms with Crippen molar-refractivity contribution < 1.29 is 5.11 Å². The molecule has 0 saturated heterocycles. The van der Waals surface area contributed by atoms with Crippen molar-refractivity contribution in [2.45, 2.75) is 44.4 Å². The Morgan fingerprint density at radius 1 is 1.35 bits per heavy atom. The molecule has 0 amide bonds. The van der Waals surface area contributed by atoms with E-state index >= 15 is 0 Å². The fourth-order valence-corrected chi connectivity index (χ4v) is 2.33. The maximum atomic E-state index is 9.98. The molecule has 1 fully saturated rings. The smallest absolute Gasteiger partial charge is 0.225 e. The fraction of sp³-hybridized carbons (Fsp3) is 0.667. The topological polar surface area (TPSA) is 75.3 Å².